The molecular weight excluding hydrogens is 335 g/mol. The van der Waals surface area contributed by atoms with Crippen LogP contribution in [-0.2, 0) is 9.59 Å². The number of aliphatic hydroxyl groups excluding tert-OH is 1. The van der Waals surface area contributed by atoms with Crippen molar-refractivity contribution in [2.75, 3.05) is 4.90 Å². The second-order valence-electron chi connectivity index (χ2n) is 7.18. The quantitative estimate of drug-likeness (QED) is 0.912. The number of benzene rings is 1. The summed E-state index contributed by atoms with van der Waals surface area (Å²) in [7, 11) is 0. The molecule has 1 aromatic carbocycles. The van der Waals surface area contributed by atoms with Gasteiger partial charge in [-0.25, -0.2) is 4.39 Å². The van der Waals surface area contributed by atoms with Crippen molar-refractivity contribution in [3.63, 3.8) is 0 Å². The van der Waals surface area contributed by atoms with Crippen LogP contribution in [0.3, 0.4) is 0 Å². The first-order chi connectivity index (χ1) is 12.2. The number of ketones is 1. The van der Waals surface area contributed by atoms with Crippen molar-refractivity contribution in [2.45, 2.75) is 26.8 Å². The van der Waals surface area contributed by atoms with E-state index in [1.807, 2.05) is 0 Å². The van der Waals surface area contributed by atoms with Crippen LogP contribution in [-0.4, -0.2) is 21.8 Å². The minimum atomic E-state index is -0.848. The molecule has 134 valence electrons. The average molecular weight is 354 g/mol. The number of nitrogens with zero attached hydrogens (tertiary/aromatic N) is 2. The largest absolute Gasteiger partial charge is 0.503 e. The highest BCUT2D eigenvalue weighted by molar-refractivity contribution is 6.17. The van der Waals surface area contributed by atoms with Gasteiger partial charge >= 0.3 is 0 Å². The molecule has 1 unspecified atom stereocenters. The van der Waals surface area contributed by atoms with Crippen molar-refractivity contribution < 1.29 is 19.1 Å². The van der Waals surface area contributed by atoms with E-state index in [1.54, 1.807) is 39.0 Å². The lowest BCUT2D eigenvalue weighted by Crippen LogP contribution is -2.32. The van der Waals surface area contributed by atoms with Gasteiger partial charge in [0.1, 0.15) is 5.82 Å². The molecule has 6 heteroatoms. The summed E-state index contributed by atoms with van der Waals surface area (Å²) >= 11 is 0. The Balaban J connectivity index is 2.21. The molecule has 2 heterocycles. The molecule has 3 rings (SSSR count). The number of hydrogen-bond donors (Lipinski definition) is 1. The van der Waals surface area contributed by atoms with Gasteiger partial charge in [0.25, 0.3) is 5.91 Å². The average Bonchev–Trinajstić information content (AvgIpc) is 2.85. The zero-order chi connectivity index (χ0) is 19.1. The van der Waals surface area contributed by atoms with E-state index in [4.69, 9.17) is 0 Å². The number of anilines is 1. The Bertz CT molecular complexity index is 901. The molecule has 1 N–H and O–H groups in total. The van der Waals surface area contributed by atoms with Gasteiger partial charge in [0, 0.05) is 23.5 Å². The van der Waals surface area contributed by atoms with Crippen LogP contribution in [0.15, 0.2) is 60.1 Å². The number of carbonyl (C=O) groups is 2. The Labute approximate surface area is 150 Å². The molecule has 1 amide bonds. The van der Waals surface area contributed by atoms with E-state index in [9.17, 15) is 19.1 Å². The van der Waals surface area contributed by atoms with Crippen molar-refractivity contribution in [3.05, 3.63) is 71.5 Å². The number of amides is 1. The second-order valence-corrected chi connectivity index (χ2v) is 7.18. The number of halogens is 1. The summed E-state index contributed by atoms with van der Waals surface area (Å²) in [4.78, 5) is 30.9. The van der Waals surface area contributed by atoms with E-state index in [0.29, 0.717) is 5.56 Å². The molecule has 0 radical (unpaired) electrons. The standard InChI is InChI=1S/C20H19FN2O3/c1-20(2,3)18(25)15-16(12-7-9-22-10-8-12)23(19(26)17(15)24)14-6-4-5-13(21)11-14/h4-11,16,24H,1-3H3. The first-order valence-electron chi connectivity index (χ1n) is 8.19. The van der Waals surface area contributed by atoms with Gasteiger partial charge in [-0.3, -0.25) is 19.5 Å². The number of pyridine rings is 1. The molecule has 2 aromatic rings. The predicted molar refractivity (Wildman–Crippen MR) is 95.0 cm³/mol. The SMILES string of the molecule is CC(C)(C)C(=O)C1=C(O)C(=O)N(c2cccc(F)c2)C1c1ccncc1. The van der Waals surface area contributed by atoms with Gasteiger partial charge in [-0.2, -0.15) is 0 Å². The van der Waals surface area contributed by atoms with E-state index >= 15 is 0 Å². The number of aliphatic hydroxyl groups is 1. The predicted octanol–water partition coefficient (Wildman–Crippen LogP) is 3.74. The van der Waals surface area contributed by atoms with Crippen LogP contribution >= 0.6 is 0 Å². The zero-order valence-corrected chi connectivity index (χ0v) is 14.7. The van der Waals surface area contributed by atoms with Crippen LogP contribution in [0.1, 0.15) is 32.4 Å². The van der Waals surface area contributed by atoms with Gasteiger partial charge in [-0.15, -0.1) is 0 Å². The minimum Gasteiger partial charge on any atom is -0.503 e. The topological polar surface area (TPSA) is 70.5 Å². The van der Waals surface area contributed by atoms with Crippen LogP contribution < -0.4 is 4.90 Å². The Hall–Kier alpha value is -3.02. The van der Waals surface area contributed by atoms with E-state index in [0.717, 1.165) is 0 Å². The first-order valence-corrected chi connectivity index (χ1v) is 8.19. The summed E-state index contributed by atoms with van der Waals surface area (Å²) in [5.41, 5.74) is 0.0830. The van der Waals surface area contributed by atoms with Crippen molar-refractivity contribution in [1.29, 1.82) is 0 Å². The molecule has 0 spiro atoms. The first kappa shape index (κ1) is 17.8. The highest BCUT2D eigenvalue weighted by Gasteiger charge is 2.46. The van der Waals surface area contributed by atoms with E-state index < -0.39 is 28.9 Å². The van der Waals surface area contributed by atoms with Crippen LogP contribution in [0.5, 0.6) is 0 Å². The molecule has 0 saturated heterocycles. The highest BCUT2D eigenvalue weighted by atomic mass is 19.1. The molecule has 0 fully saturated rings. The fourth-order valence-corrected chi connectivity index (χ4v) is 2.99. The summed E-state index contributed by atoms with van der Waals surface area (Å²) in [6, 6.07) is 7.98. The molecule has 0 saturated carbocycles. The van der Waals surface area contributed by atoms with Crippen LogP contribution in [0, 0.1) is 11.2 Å². The Morgan fingerprint density at radius 1 is 1.19 bits per heavy atom. The van der Waals surface area contributed by atoms with Crippen molar-refractivity contribution in [1.82, 2.24) is 4.98 Å². The number of rotatable bonds is 3. The number of hydrogen-bond acceptors (Lipinski definition) is 4. The smallest absolute Gasteiger partial charge is 0.294 e. The van der Waals surface area contributed by atoms with Crippen molar-refractivity contribution in [3.8, 4) is 0 Å². The molecule has 1 atom stereocenters. The Kier molecular flexibility index (Phi) is 4.36. The maximum Gasteiger partial charge on any atom is 0.294 e. The van der Waals surface area contributed by atoms with Crippen molar-refractivity contribution in [2.24, 2.45) is 5.41 Å². The summed E-state index contributed by atoms with van der Waals surface area (Å²) in [6.45, 7) is 5.15. The third-order valence-electron chi connectivity index (χ3n) is 4.24. The highest BCUT2D eigenvalue weighted by Crippen LogP contribution is 2.43. The molecule has 26 heavy (non-hydrogen) atoms. The Morgan fingerprint density at radius 2 is 1.85 bits per heavy atom. The van der Waals surface area contributed by atoms with Gasteiger partial charge in [0.15, 0.2) is 11.5 Å². The molecule has 0 aliphatic carbocycles. The summed E-state index contributed by atoms with van der Waals surface area (Å²) in [6.07, 6.45) is 3.08. The summed E-state index contributed by atoms with van der Waals surface area (Å²) in [5, 5.41) is 10.5. The monoisotopic (exact) mass is 354 g/mol. The van der Waals surface area contributed by atoms with Gasteiger partial charge in [-0.05, 0) is 35.9 Å². The molecule has 1 aromatic heterocycles. The maximum absolute atomic E-state index is 13.7. The van der Waals surface area contributed by atoms with Crippen molar-refractivity contribution >= 4 is 17.4 Å². The van der Waals surface area contributed by atoms with Gasteiger partial charge in [-0.1, -0.05) is 26.8 Å². The lowest BCUT2D eigenvalue weighted by Gasteiger charge is -2.28. The second kappa shape index (κ2) is 6.37. The fourth-order valence-electron chi connectivity index (χ4n) is 2.99. The summed E-state index contributed by atoms with van der Waals surface area (Å²) in [5.74, 6) is -2.19. The molecule has 1 aliphatic heterocycles. The number of aromatic nitrogens is 1. The van der Waals surface area contributed by atoms with Gasteiger partial charge in [0.05, 0.1) is 11.6 Å². The third kappa shape index (κ3) is 2.98. The van der Waals surface area contributed by atoms with Gasteiger partial charge < -0.3 is 5.11 Å². The van der Waals surface area contributed by atoms with Crippen LogP contribution in [0.4, 0.5) is 10.1 Å². The lowest BCUT2D eigenvalue weighted by molar-refractivity contribution is -0.123. The summed E-state index contributed by atoms with van der Waals surface area (Å²) < 4.78 is 13.7. The molecule has 5 nitrogen and oxygen atoms in total. The number of Topliss-reactive ketones (excluding diaryl/α,β-unsaturated/α-hetero) is 1. The minimum absolute atomic E-state index is 0.0120. The normalized spacial score (nSPS) is 17.8. The number of carbonyl (C=O) groups excluding carboxylic acids is 2. The lowest BCUT2D eigenvalue weighted by atomic mass is 9.82. The van der Waals surface area contributed by atoms with E-state index in [1.165, 1.54) is 35.5 Å². The van der Waals surface area contributed by atoms with Crippen LogP contribution in [0.2, 0.25) is 0 Å². The molecular formula is C20H19FN2O3. The third-order valence-corrected chi connectivity index (χ3v) is 4.24. The van der Waals surface area contributed by atoms with E-state index in [-0.39, 0.29) is 17.0 Å². The van der Waals surface area contributed by atoms with E-state index in [2.05, 4.69) is 4.98 Å². The zero-order valence-electron chi connectivity index (χ0n) is 14.7. The van der Waals surface area contributed by atoms with Crippen LogP contribution in [0.25, 0.3) is 0 Å². The van der Waals surface area contributed by atoms with Gasteiger partial charge in [0.2, 0.25) is 0 Å². The molecule has 1 aliphatic rings. The maximum atomic E-state index is 13.7. The fraction of sp³-hybridized carbons (Fsp3) is 0.250. The molecule has 0 bridgehead atoms. The Morgan fingerprint density at radius 3 is 2.42 bits per heavy atom.